The van der Waals surface area contributed by atoms with Crippen molar-refractivity contribution in [1.82, 2.24) is 14.8 Å². The molecular formula is C15H22ClN3O. The smallest absolute Gasteiger partial charge is 0.256 e. The minimum Gasteiger partial charge on any atom is -0.338 e. The zero-order valence-corrected chi connectivity index (χ0v) is 12.9. The fraction of sp³-hybridized carbons (Fsp3) is 0.600. The molecule has 1 aromatic rings. The van der Waals surface area contributed by atoms with Crippen LogP contribution < -0.4 is 0 Å². The van der Waals surface area contributed by atoms with E-state index in [-0.39, 0.29) is 5.91 Å². The largest absolute Gasteiger partial charge is 0.338 e. The molecule has 0 saturated carbocycles. The van der Waals surface area contributed by atoms with E-state index in [1.807, 2.05) is 4.90 Å². The van der Waals surface area contributed by atoms with Gasteiger partial charge in [0.2, 0.25) is 0 Å². The van der Waals surface area contributed by atoms with Gasteiger partial charge in [-0.05, 0) is 32.0 Å². The second-order valence-electron chi connectivity index (χ2n) is 5.10. The van der Waals surface area contributed by atoms with Crippen molar-refractivity contribution in [2.24, 2.45) is 0 Å². The highest BCUT2D eigenvalue weighted by Gasteiger charge is 2.27. The van der Waals surface area contributed by atoms with E-state index in [0.29, 0.717) is 16.6 Å². The molecule has 0 unspecified atom stereocenters. The van der Waals surface area contributed by atoms with E-state index in [1.165, 1.54) is 0 Å². The predicted octanol–water partition coefficient (Wildman–Crippen LogP) is 2.68. The molecule has 1 aliphatic heterocycles. The first kappa shape index (κ1) is 15.3. The molecule has 5 heteroatoms. The van der Waals surface area contributed by atoms with Gasteiger partial charge in [0.15, 0.2) is 0 Å². The Morgan fingerprint density at radius 3 is 2.60 bits per heavy atom. The van der Waals surface area contributed by atoms with Crippen molar-refractivity contribution >= 4 is 17.5 Å². The van der Waals surface area contributed by atoms with Crippen LogP contribution in [0.25, 0.3) is 0 Å². The van der Waals surface area contributed by atoms with E-state index in [1.54, 1.807) is 18.5 Å². The van der Waals surface area contributed by atoms with Gasteiger partial charge in [0.05, 0.1) is 10.6 Å². The average molecular weight is 296 g/mol. The lowest BCUT2D eigenvalue weighted by molar-refractivity contribution is 0.0631. The number of piperidine rings is 1. The van der Waals surface area contributed by atoms with E-state index < -0.39 is 0 Å². The molecular weight excluding hydrogens is 274 g/mol. The van der Waals surface area contributed by atoms with E-state index in [0.717, 1.165) is 39.0 Å². The number of hydrogen-bond donors (Lipinski definition) is 0. The van der Waals surface area contributed by atoms with E-state index in [2.05, 4.69) is 23.7 Å². The van der Waals surface area contributed by atoms with Crippen molar-refractivity contribution in [2.45, 2.75) is 32.7 Å². The van der Waals surface area contributed by atoms with Crippen LogP contribution >= 0.6 is 11.6 Å². The molecule has 4 nitrogen and oxygen atoms in total. The van der Waals surface area contributed by atoms with Crippen molar-refractivity contribution in [3.63, 3.8) is 0 Å². The molecule has 0 N–H and O–H groups in total. The maximum atomic E-state index is 12.4. The van der Waals surface area contributed by atoms with Gasteiger partial charge >= 0.3 is 0 Å². The Hall–Kier alpha value is -1.13. The maximum absolute atomic E-state index is 12.4. The second kappa shape index (κ2) is 7.04. The second-order valence-corrected chi connectivity index (χ2v) is 5.51. The number of nitrogens with zero attached hydrogens (tertiary/aromatic N) is 3. The van der Waals surface area contributed by atoms with Crippen LogP contribution in [0, 0.1) is 0 Å². The van der Waals surface area contributed by atoms with Gasteiger partial charge in [0.1, 0.15) is 0 Å². The molecule has 1 fully saturated rings. The summed E-state index contributed by atoms with van der Waals surface area (Å²) in [4.78, 5) is 20.8. The molecule has 0 aromatic carbocycles. The summed E-state index contributed by atoms with van der Waals surface area (Å²) in [7, 11) is 0. The Morgan fingerprint density at radius 2 is 2.05 bits per heavy atom. The van der Waals surface area contributed by atoms with Crippen molar-refractivity contribution in [3.8, 4) is 0 Å². The van der Waals surface area contributed by atoms with Crippen LogP contribution in [0.1, 0.15) is 37.0 Å². The molecule has 0 bridgehead atoms. The minimum absolute atomic E-state index is 0.00102. The predicted molar refractivity (Wildman–Crippen MR) is 81.1 cm³/mol. The van der Waals surface area contributed by atoms with Crippen LogP contribution in [0.5, 0.6) is 0 Å². The SMILES string of the molecule is CCN(CC)C1CCN(C(=O)c2cnccc2Cl)CC1. The summed E-state index contributed by atoms with van der Waals surface area (Å²) in [6.07, 6.45) is 5.23. The van der Waals surface area contributed by atoms with Crippen molar-refractivity contribution in [3.05, 3.63) is 29.0 Å². The molecule has 0 atom stereocenters. The molecule has 1 aromatic heterocycles. The van der Waals surface area contributed by atoms with E-state index in [9.17, 15) is 4.79 Å². The summed E-state index contributed by atoms with van der Waals surface area (Å²) in [5.41, 5.74) is 0.510. The lowest BCUT2D eigenvalue weighted by Crippen LogP contribution is -2.46. The van der Waals surface area contributed by atoms with Gasteiger partial charge in [-0.3, -0.25) is 9.78 Å². The minimum atomic E-state index is 0.00102. The quantitative estimate of drug-likeness (QED) is 0.857. The first-order valence-electron chi connectivity index (χ1n) is 7.30. The number of hydrogen-bond acceptors (Lipinski definition) is 3. The third kappa shape index (κ3) is 3.30. The third-order valence-electron chi connectivity index (χ3n) is 4.08. The number of pyridine rings is 1. The normalized spacial score (nSPS) is 16.7. The highest BCUT2D eigenvalue weighted by molar-refractivity contribution is 6.33. The highest BCUT2D eigenvalue weighted by atomic mass is 35.5. The van der Waals surface area contributed by atoms with Crippen LogP contribution in [0.2, 0.25) is 5.02 Å². The fourth-order valence-electron chi connectivity index (χ4n) is 2.88. The molecule has 20 heavy (non-hydrogen) atoms. The lowest BCUT2D eigenvalue weighted by Gasteiger charge is -2.37. The summed E-state index contributed by atoms with van der Waals surface area (Å²) in [5, 5.41) is 0.482. The summed E-state index contributed by atoms with van der Waals surface area (Å²) in [5.74, 6) is 0.00102. The van der Waals surface area contributed by atoms with Gasteiger partial charge in [-0.2, -0.15) is 0 Å². The van der Waals surface area contributed by atoms with Crippen LogP contribution in [0.15, 0.2) is 18.5 Å². The van der Waals surface area contributed by atoms with Gasteiger partial charge in [0.25, 0.3) is 5.91 Å². The molecule has 0 aliphatic carbocycles. The Morgan fingerprint density at radius 1 is 1.40 bits per heavy atom. The third-order valence-corrected chi connectivity index (χ3v) is 4.41. The van der Waals surface area contributed by atoms with Crippen LogP contribution in [0.3, 0.4) is 0 Å². The fourth-order valence-corrected chi connectivity index (χ4v) is 3.07. The van der Waals surface area contributed by atoms with Crippen LogP contribution in [0.4, 0.5) is 0 Å². The van der Waals surface area contributed by atoms with Gasteiger partial charge in [0, 0.05) is 31.5 Å². The first-order chi connectivity index (χ1) is 9.67. The summed E-state index contributed by atoms with van der Waals surface area (Å²) in [6, 6.07) is 2.26. The molecule has 1 aliphatic rings. The number of rotatable bonds is 4. The summed E-state index contributed by atoms with van der Waals surface area (Å²) >= 11 is 6.07. The molecule has 1 saturated heterocycles. The number of halogens is 1. The molecule has 0 radical (unpaired) electrons. The van der Waals surface area contributed by atoms with Crippen LogP contribution in [-0.4, -0.2) is 52.9 Å². The van der Waals surface area contributed by atoms with Gasteiger partial charge < -0.3 is 9.80 Å². The molecule has 2 heterocycles. The van der Waals surface area contributed by atoms with E-state index >= 15 is 0 Å². The standard InChI is InChI=1S/C15H22ClN3O/c1-3-18(4-2)12-6-9-19(10-7-12)15(20)13-11-17-8-5-14(13)16/h5,8,11-12H,3-4,6-7,9-10H2,1-2H3. The first-order valence-corrected chi connectivity index (χ1v) is 7.68. The Kier molecular flexibility index (Phi) is 5.38. The lowest BCUT2D eigenvalue weighted by atomic mass is 10.0. The van der Waals surface area contributed by atoms with Gasteiger partial charge in [-0.15, -0.1) is 0 Å². The number of aromatic nitrogens is 1. The Balaban J connectivity index is 1.97. The number of carbonyl (C=O) groups is 1. The van der Waals surface area contributed by atoms with Crippen LogP contribution in [-0.2, 0) is 0 Å². The van der Waals surface area contributed by atoms with E-state index in [4.69, 9.17) is 11.6 Å². The monoisotopic (exact) mass is 295 g/mol. The molecule has 1 amide bonds. The average Bonchev–Trinajstić information content (AvgIpc) is 2.49. The molecule has 2 rings (SSSR count). The zero-order chi connectivity index (χ0) is 14.5. The van der Waals surface area contributed by atoms with Crippen molar-refractivity contribution in [1.29, 1.82) is 0 Å². The van der Waals surface area contributed by atoms with Gasteiger partial charge in [-0.1, -0.05) is 25.4 Å². The topological polar surface area (TPSA) is 36.4 Å². The number of amides is 1. The summed E-state index contributed by atoms with van der Waals surface area (Å²) in [6.45, 7) is 8.12. The van der Waals surface area contributed by atoms with Crippen molar-refractivity contribution in [2.75, 3.05) is 26.2 Å². The summed E-state index contributed by atoms with van der Waals surface area (Å²) < 4.78 is 0. The zero-order valence-electron chi connectivity index (χ0n) is 12.2. The molecule has 0 spiro atoms. The molecule has 110 valence electrons. The maximum Gasteiger partial charge on any atom is 0.256 e. The highest BCUT2D eigenvalue weighted by Crippen LogP contribution is 2.21. The Bertz CT molecular complexity index is 454. The number of carbonyl (C=O) groups excluding carboxylic acids is 1. The number of likely N-dealkylation sites (tertiary alicyclic amines) is 1. The van der Waals surface area contributed by atoms with Gasteiger partial charge in [-0.25, -0.2) is 0 Å². The van der Waals surface area contributed by atoms with Crippen molar-refractivity contribution < 1.29 is 4.79 Å². The Labute approximate surface area is 125 Å².